The van der Waals surface area contributed by atoms with E-state index in [4.69, 9.17) is 61.6 Å². The van der Waals surface area contributed by atoms with E-state index in [1.54, 1.807) is 10.9 Å². The Labute approximate surface area is 555 Å². The molecule has 6 aliphatic heterocycles. The van der Waals surface area contributed by atoms with Crippen molar-refractivity contribution in [3.63, 3.8) is 0 Å². The van der Waals surface area contributed by atoms with E-state index in [1.807, 2.05) is 0 Å². The summed E-state index contributed by atoms with van der Waals surface area (Å²) in [6, 6.07) is 23.3. The molecule has 6 aromatic rings. The summed E-state index contributed by atoms with van der Waals surface area (Å²) in [5.74, 6) is 0. The highest BCUT2D eigenvalue weighted by atomic mass is 16.8. The number of ether oxygens (including phenoxy) is 13. The van der Waals surface area contributed by atoms with E-state index in [2.05, 4.69) is 77.0 Å². The minimum Gasteiger partial charge on any atom is -0.394 e. The predicted molar refractivity (Wildman–Crippen MR) is 324 cm³/mol. The van der Waals surface area contributed by atoms with E-state index in [-0.39, 0.29) is 13.2 Å². The monoisotopic (exact) mass is 1390 g/mol. The van der Waals surface area contributed by atoms with E-state index < -0.39 is 224 Å². The van der Waals surface area contributed by atoms with Crippen LogP contribution >= 0.6 is 0 Å². The third kappa shape index (κ3) is 14.3. The molecule has 12 rings (SSSR count). The van der Waals surface area contributed by atoms with E-state index in [1.165, 1.54) is 37.7 Å². The summed E-state index contributed by atoms with van der Waals surface area (Å²) in [5.41, 5.74) is 1.61. The van der Waals surface area contributed by atoms with Crippen molar-refractivity contribution in [2.75, 3.05) is 46.2 Å². The van der Waals surface area contributed by atoms with Gasteiger partial charge in [0, 0.05) is 6.54 Å². The third-order valence-electron chi connectivity index (χ3n) is 18.9. The number of aryl methyl sites for hydroxylation is 1. The largest absolute Gasteiger partial charge is 0.394 e. The van der Waals surface area contributed by atoms with Crippen LogP contribution in [0.2, 0.25) is 0 Å². The number of benzene rings is 5. The Morgan fingerprint density at radius 1 is 0.357 bits per heavy atom. The Morgan fingerprint density at radius 3 is 1.14 bits per heavy atom. The molecule has 35 heteroatoms. The number of hydrogen-bond acceptors (Lipinski definition) is 34. The van der Waals surface area contributed by atoms with Crippen LogP contribution in [0.4, 0.5) is 0 Å². The maximum Gasteiger partial charge on any atom is 0.187 e. The predicted octanol–water partition coefficient (Wildman–Crippen LogP) is -7.63. The van der Waals surface area contributed by atoms with Crippen molar-refractivity contribution in [1.82, 2.24) is 15.0 Å². The summed E-state index contributed by atoms with van der Waals surface area (Å²) in [5, 5.41) is 223. The lowest BCUT2D eigenvalue weighted by Crippen LogP contribution is -2.68. The van der Waals surface area contributed by atoms with Crippen LogP contribution in [0, 0.1) is 0 Å². The van der Waals surface area contributed by atoms with Gasteiger partial charge in [-0.05, 0) is 55.1 Å². The Morgan fingerprint density at radius 2 is 0.714 bits per heavy atom. The molecule has 19 N–H and O–H groups in total. The Balaban J connectivity index is 0.596. The highest BCUT2D eigenvalue weighted by molar-refractivity contribution is 6.33. The van der Waals surface area contributed by atoms with Gasteiger partial charge in [-0.15, -0.1) is 5.10 Å². The fourth-order valence-electron chi connectivity index (χ4n) is 13.7. The van der Waals surface area contributed by atoms with E-state index in [0.29, 0.717) is 25.3 Å². The lowest BCUT2D eigenvalue weighted by atomic mass is 9.88. The molecule has 6 fully saturated rings. The van der Waals surface area contributed by atoms with Crippen LogP contribution in [-0.2, 0) is 81.3 Å². The molecule has 0 radical (unpaired) electrons. The Bertz CT molecular complexity index is 3480. The fourth-order valence-corrected chi connectivity index (χ4v) is 13.7. The second-order valence-corrected chi connectivity index (χ2v) is 25.1. The van der Waals surface area contributed by atoms with Crippen molar-refractivity contribution in [3.05, 3.63) is 84.2 Å². The van der Waals surface area contributed by atoms with Crippen molar-refractivity contribution in [2.45, 2.75) is 210 Å². The first-order chi connectivity index (χ1) is 47.2. The zero-order valence-corrected chi connectivity index (χ0v) is 52.2. The van der Waals surface area contributed by atoms with Gasteiger partial charge in [-0.3, -0.25) is 4.68 Å². The Hall–Kier alpha value is -4.74. The number of aliphatic hydroxyl groups excluding tert-OH is 19. The summed E-state index contributed by atoms with van der Waals surface area (Å²) in [4.78, 5) is 0. The van der Waals surface area contributed by atoms with Gasteiger partial charge in [0.25, 0.3) is 0 Å². The molecule has 0 unspecified atom stereocenters. The number of aromatic nitrogens is 3. The molecule has 542 valence electrons. The molecule has 0 spiro atoms. The molecule has 7 heterocycles. The maximum absolute atomic E-state index is 11.4. The average molecular weight is 1390 g/mol. The number of fused-ring (bicyclic) bond motifs is 2. The highest BCUT2D eigenvalue weighted by Gasteiger charge is 2.58. The van der Waals surface area contributed by atoms with Crippen molar-refractivity contribution < 1.29 is 159 Å². The van der Waals surface area contributed by atoms with Gasteiger partial charge in [0.05, 0.1) is 65.7 Å². The number of nitrogens with zero attached hydrogens (tertiary/aromatic N) is 3. The second kappa shape index (κ2) is 31.5. The van der Waals surface area contributed by atoms with Crippen molar-refractivity contribution >= 4 is 43.1 Å². The minimum absolute atomic E-state index is 0.0342. The van der Waals surface area contributed by atoms with Crippen LogP contribution < -0.4 is 0 Å². The second-order valence-electron chi connectivity index (χ2n) is 25.1. The highest BCUT2D eigenvalue weighted by Crippen LogP contribution is 2.42. The molecule has 5 aromatic carbocycles. The molecular weight excluding hydrogens is 1310 g/mol. The SMILES string of the molecule is OC[C@H]1O[C@H](O[C@H]2[C@H](O)[C@@H](O)[C@@H](O[C@H]3[C@H](O)[C@@H](O)[C@@H](O[C@H]4[C@H](O)[C@@H](O)[C@@H](O[C@H]5[C@H](O)[C@@H](O)[C@@H](O[C@H]6[C@H](O)[C@@H](O)[C@H](OCCCn7cc(COCc8ccc9c%10cccc%11cccc(c%12cccc8c%129)c%11%10)nn7)O[C@@H]6CO)O[C@@H]5CO)O[C@@H]4CO)O[C@@H]3CO)O[C@@H]2CO)[C@H](O)[C@@H](O)[C@@H]1O. The lowest BCUT2D eigenvalue weighted by Gasteiger charge is -2.50. The molecule has 0 bridgehead atoms. The van der Waals surface area contributed by atoms with Gasteiger partial charge in [0.15, 0.2) is 37.7 Å². The zero-order chi connectivity index (χ0) is 69.5. The summed E-state index contributed by atoms with van der Waals surface area (Å²) in [7, 11) is 0. The lowest BCUT2D eigenvalue weighted by molar-refractivity contribution is -0.396. The van der Waals surface area contributed by atoms with Gasteiger partial charge in [-0.25, -0.2) is 0 Å². The van der Waals surface area contributed by atoms with Crippen molar-refractivity contribution in [2.24, 2.45) is 0 Å². The van der Waals surface area contributed by atoms with Crippen LogP contribution in [-0.4, -0.2) is 343 Å². The first-order valence-corrected chi connectivity index (χ1v) is 32.1. The molecule has 6 saturated heterocycles. The molecule has 30 atom stereocenters. The van der Waals surface area contributed by atoms with Gasteiger partial charge in [0.2, 0.25) is 0 Å². The first kappa shape index (κ1) is 73.0. The van der Waals surface area contributed by atoms with Crippen LogP contribution in [0.25, 0.3) is 43.1 Å². The summed E-state index contributed by atoms with van der Waals surface area (Å²) in [6.45, 7) is -4.90. The summed E-state index contributed by atoms with van der Waals surface area (Å²) < 4.78 is 76.0. The molecular formula is C63H83N3O32. The Kier molecular flexibility index (Phi) is 23.4. The topological polar surface area (TPSA) is 535 Å². The van der Waals surface area contributed by atoms with Gasteiger partial charge in [0.1, 0.15) is 152 Å². The zero-order valence-electron chi connectivity index (χ0n) is 52.2. The smallest absolute Gasteiger partial charge is 0.187 e. The normalized spacial score (nSPS) is 40.5. The maximum atomic E-state index is 11.4. The quantitative estimate of drug-likeness (QED) is 0.0144. The standard InChI is InChI=1S/C63H83N3O32/c67-16-32-40(73)41(74)47(80)59(88-32)94-54-34(18-69)90-61(49(82)43(54)76)96-56-36(20-71)92-63(51(84)45(56)78)98-57-37(21-72)93-62(52(85)46(57)79)97-55-35(19-70)91-60(50(83)44(55)77)95-53-33(17-68)89-58(48(81)42(53)75)87-14-4-13-66-15-26(64-65-66)23-86-22-25-11-12-31-29-9-2-6-24-5-1-8-28(38(24)29)30-10-3-7-27(25)39(30)31/h1-3,5-12,15,32-37,40-63,67-85H,4,13-14,16-23H2/t32-,33-,34-,35-,36-,37-,40-,41+,42-,43-,44-,45-,46-,47-,48-,49-,50-,51-,52-,53-,54-,55-,56-,57-,58-,59-,60-,61-,62-,63-/m1/s1. The van der Waals surface area contributed by atoms with Crippen molar-refractivity contribution in [3.8, 4) is 0 Å². The molecule has 1 aromatic heterocycles. The van der Waals surface area contributed by atoms with Crippen LogP contribution in [0.1, 0.15) is 17.7 Å². The van der Waals surface area contributed by atoms with E-state index in [0.717, 1.165) is 10.9 Å². The summed E-state index contributed by atoms with van der Waals surface area (Å²) in [6.07, 6.45) is -54.3. The van der Waals surface area contributed by atoms with Gasteiger partial charge in [-0.1, -0.05) is 71.9 Å². The molecule has 6 aliphatic rings. The fraction of sp³-hybridized carbons (Fsp3) is 0.651. The molecule has 0 saturated carbocycles. The number of rotatable bonds is 25. The van der Waals surface area contributed by atoms with Gasteiger partial charge in [-0.2, -0.15) is 0 Å². The molecule has 98 heavy (non-hydrogen) atoms. The van der Waals surface area contributed by atoms with Gasteiger partial charge < -0.3 is 159 Å². The molecule has 35 nitrogen and oxygen atoms in total. The molecule has 0 aliphatic carbocycles. The van der Waals surface area contributed by atoms with Crippen LogP contribution in [0.3, 0.4) is 0 Å². The molecule has 0 amide bonds. The van der Waals surface area contributed by atoms with E-state index >= 15 is 0 Å². The van der Waals surface area contributed by atoms with E-state index in [9.17, 15) is 97.0 Å². The van der Waals surface area contributed by atoms with Crippen LogP contribution in [0.15, 0.2) is 72.9 Å². The van der Waals surface area contributed by atoms with Crippen molar-refractivity contribution in [1.29, 1.82) is 0 Å². The third-order valence-corrected chi connectivity index (χ3v) is 18.9. The number of hydrogen-bond donors (Lipinski definition) is 19. The van der Waals surface area contributed by atoms with Gasteiger partial charge >= 0.3 is 0 Å². The van der Waals surface area contributed by atoms with Crippen LogP contribution in [0.5, 0.6) is 0 Å². The minimum atomic E-state index is -2.19. The number of aliphatic hydroxyl groups is 19. The first-order valence-electron chi connectivity index (χ1n) is 32.1. The average Bonchev–Trinajstić information content (AvgIpc) is 0.750. The summed E-state index contributed by atoms with van der Waals surface area (Å²) >= 11 is 0.